The van der Waals surface area contributed by atoms with Crippen molar-refractivity contribution in [1.82, 2.24) is 4.53 Å². The lowest BCUT2D eigenvalue weighted by Gasteiger charge is -1.98. The fourth-order valence-corrected chi connectivity index (χ4v) is 0.434. The van der Waals surface area contributed by atoms with Gasteiger partial charge in [-0.25, -0.2) is 0 Å². The van der Waals surface area contributed by atoms with Crippen LogP contribution in [0.3, 0.4) is 0 Å². The van der Waals surface area contributed by atoms with Crippen molar-refractivity contribution in [1.29, 1.82) is 0 Å². The van der Waals surface area contributed by atoms with Crippen LogP contribution >= 0.6 is 23.4 Å². The first-order chi connectivity index (χ1) is 2.77. The monoisotopic (exact) mass is 128 g/mol. The molecule has 0 amide bonds. The normalized spacial score (nSPS) is 10.0. The maximum absolute atomic E-state index is 5.19. The minimum absolute atomic E-state index is 0.472. The number of hydrazine groups is 1. The van der Waals surface area contributed by atoms with Crippen LogP contribution in [0.1, 0.15) is 0 Å². The predicted octanol–water partition coefficient (Wildman–Crippen LogP) is 0.555. The van der Waals surface area contributed by atoms with Crippen molar-refractivity contribution >= 4 is 23.4 Å². The topological polar surface area (TPSA) is 29.3 Å². The summed E-state index contributed by atoms with van der Waals surface area (Å²) < 4.78 is 1.02. The van der Waals surface area contributed by atoms with Crippen LogP contribution in [0.2, 0.25) is 0 Å². The minimum Gasteiger partial charge on any atom is -0.254 e. The second-order valence-electron chi connectivity index (χ2n) is 0.812. The Hall–Kier alpha value is 0.500. The molecule has 0 unspecified atom stereocenters. The SMILES string of the molecule is NN(Cl)CCCl. The van der Waals surface area contributed by atoms with Gasteiger partial charge >= 0.3 is 0 Å². The van der Waals surface area contributed by atoms with Crippen molar-refractivity contribution in [3.05, 3.63) is 0 Å². The number of nitrogens with two attached hydrogens (primary N) is 1. The molecule has 0 aromatic carbocycles. The van der Waals surface area contributed by atoms with Crippen LogP contribution < -0.4 is 5.84 Å². The van der Waals surface area contributed by atoms with Crippen LogP contribution in [0, 0.1) is 0 Å². The Labute approximate surface area is 46.9 Å². The average molecular weight is 129 g/mol. The molecular weight excluding hydrogens is 123 g/mol. The van der Waals surface area contributed by atoms with E-state index in [9.17, 15) is 0 Å². The molecule has 0 aliphatic carbocycles. The summed E-state index contributed by atoms with van der Waals surface area (Å²) in [5, 5.41) is 0. The van der Waals surface area contributed by atoms with Crippen LogP contribution in [0.25, 0.3) is 0 Å². The Kier molecular flexibility index (Phi) is 3.99. The first-order valence-corrected chi connectivity index (χ1v) is 2.38. The highest BCUT2D eigenvalue weighted by molar-refractivity contribution is 6.18. The van der Waals surface area contributed by atoms with Crippen molar-refractivity contribution in [3.63, 3.8) is 0 Å². The summed E-state index contributed by atoms with van der Waals surface area (Å²) in [5.74, 6) is 5.39. The van der Waals surface area contributed by atoms with E-state index < -0.39 is 0 Å². The van der Waals surface area contributed by atoms with E-state index in [1.807, 2.05) is 0 Å². The lowest BCUT2D eigenvalue weighted by molar-refractivity contribution is 0.512. The summed E-state index contributed by atoms with van der Waals surface area (Å²) in [5.41, 5.74) is 0. The number of hydrogen-bond acceptors (Lipinski definition) is 2. The van der Waals surface area contributed by atoms with Crippen molar-refractivity contribution < 1.29 is 0 Å². The van der Waals surface area contributed by atoms with Gasteiger partial charge in [-0.2, -0.15) is 4.53 Å². The first-order valence-electron chi connectivity index (χ1n) is 1.51. The van der Waals surface area contributed by atoms with Gasteiger partial charge in [0.1, 0.15) is 0 Å². The summed E-state index contributed by atoms with van der Waals surface area (Å²) >= 11 is 10.3. The lowest BCUT2D eigenvalue weighted by atomic mass is 10.8. The van der Waals surface area contributed by atoms with Crippen molar-refractivity contribution in [2.75, 3.05) is 12.4 Å². The van der Waals surface area contributed by atoms with Crippen molar-refractivity contribution in [2.24, 2.45) is 5.84 Å². The molecule has 0 saturated carbocycles. The van der Waals surface area contributed by atoms with Gasteiger partial charge in [-0.15, -0.1) is 11.6 Å². The molecule has 6 heavy (non-hydrogen) atoms. The number of rotatable bonds is 2. The first kappa shape index (κ1) is 6.50. The third kappa shape index (κ3) is 4.50. The van der Waals surface area contributed by atoms with Gasteiger partial charge in [-0.05, 0) is 11.8 Å². The zero-order chi connectivity index (χ0) is 4.99. The van der Waals surface area contributed by atoms with E-state index in [0.29, 0.717) is 12.4 Å². The van der Waals surface area contributed by atoms with Gasteiger partial charge in [-0.3, -0.25) is 5.84 Å². The van der Waals surface area contributed by atoms with Crippen LogP contribution in [-0.2, 0) is 0 Å². The number of hydrogen-bond donors (Lipinski definition) is 1. The second-order valence-corrected chi connectivity index (χ2v) is 1.62. The molecule has 0 aromatic rings. The molecule has 38 valence electrons. The van der Waals surface area contributed by atoms with Gasteiger partial charge in [-0.1, -0.05) is 0 Å². The smallest absolute Gasteiger partial charge is 0.0429 e. The third-order valence-corrected chi connectivity index (χ3v) is 0.636. The molecule has 2 nitrogen and oxygen atoms in total. The van der Waals surface area contributed by atoms with Gasteiger partial charge < -0.3 is 0 Å². The van der Waals surface area contributed by atoms with Crippen LogP contribution in [-0.4, -0.2) is 17.0 Å². The molecule has 0 radical (unpaired) electrons. The third-order valence-electron chi connectivity index (χ3n) is 0.298. The van der Waals surface area contributed by atoms with E-state index in [-0.39, 0.29) is 0 Å². The molecule has 2 N–H and O–H groups in total. The molecule has 0 heterocycles. The van der Waals surface area contributed by atoms with Gasteiger partial charge in [0.15, 0.2) is 0 Å². The quantitative estimate of drug-likeness (QED) is 0.255. The fourth-order valence-electron chi connectivity index (χ4n) is 0.0807. The Balaban J connectivity index is 2.63. The molecule has 0 fully saturated rings. The fraction of sp³-hybridized carbons (Fsp3) is 1.00. The Morgan fingerprint density at radius 1 is 1.67 bits per heavy atom. The molecule has 4 heteroatoms. The Morgan fingerprint density at radius 3 is 2.17 bits per heavy atom. The van der Waals surface area contributed by atoms with Gasteiger partial charge in [0.2, 0.25) is 0 Å². The van der Waals surface area contributed by atoms with E-state index in [2.05, 4.69) is 0 Å². The molecule has 0 saturated heterocycles. The molecule has 0 rings (SSSR count). The molecule has 0 atom stereocenters. The van der Waals surface area contributed by atoms with E-state index in [4.69, 9.17) is 29.2 Å². The standard InChI is InChI=1S/C2H6Cl2N2/c3-1-2-6(4)5/h1-2,5H2. The molecular formula is C2H6Cl2N2. The molecule has 0 spiro atoms. The van der Waals surface area contributed by atoms with Crippen LogP contribution in [0.4, 0.5) is 0 Å². The van der Waals surface area contributed by atoms with E-state index in [1.54, 1.807) is 0 Å². The minimum atomic E-state index is 0.472. The summed E-state index contributed by atoms with van der Waals surface area (Å²) in [6.07, 6.45) is 0. The zero-order valence-electron chi connectivity index (χ0n) is 3.19. The average Bonchev–Trinajstić information content (AvgIpc) is 1.35. The maximum Gasteiger partial charge on any atom is 0.0429 e. The van der Waals surface area contributed by atoms with Gasteiger partial charge in [0, 0.05) is 12.4 Å². The number of nitrogens with zero attached hydrogens (tertiary/aromatic N) is 1. The highest BCUT2D eigenvalue weighted by Gasteiger charge is 1.84. The number of halogens is 2. The molecule has 0 aliphatic heterocycles. The van der Waals surface area contributed by atoms with Crippen molar-refractivity contribution in [2.45, 2.75) is 0 Å². The number of alkyl halides is 1. The van der Waals surface area contributed by atoms with Crippen LogP contribution in [0.15, 0.2) is 0 Å². The Bertz CT molecular complexity index is 30.7. The molecule has 0 bridgehead atoms. The summed E-state index contributed by atoms with van der Waals surface area (Å²) in [4.78, 5) is 0. The summed E-state index contributed by atoms with van der Waals surface area (Å²) in [7, 11) is 0. The highest BCUT2D eigenvalue weighted by atomic mass is 35.5. The van der Waals surface area contributed by atoms with Gasteiger partial charge in [0.25, 0.3) is 0 Å². The molecule has 0 aliphatic rings. The largest absolute Gasteiger partial charge is 0.254 e. The zero-order valence-corrected chi connectivity index (χ0v) is 4.71. The van der Waals surface area contributed by atoms with E-state index >= 15 is 0 Å². The maximum atomic E-state index is 5.19. The lowest BCUT2D eigenvalue weighted by Crippen LogP contribution is -2.21. The van der Waals surface area contributed by atoms with E-state index in [1.165, 1.54) is 0 Å². The Morgan fingerprint density at radius 2 is 2.17 bits per heavy atom. The molecule has 0 aromatic heterocycles. The summed E-state index contributed by atoms with van der Waals surface area (Å²) in [6, 6.07) is 0. The van der Waals surface area contributed by atoms with Crippen LogP contribution in [0.5, 0.6) is 0 Å². The second kappa shape index (κ2) is 3.68. The predicted molar refractivity (Wildman–Crippen MR) is 27.5 cm³/mol. The van der Waals surface area contributed by atoms with Crippen molar-refractivity contribution in [3.8, 4) is 0 Å². The van der Waals surface area contributed by atoms with Gasteiger partial charge in [0.05, 0.1) is 0 Å². The summed E-state index contributed by atoms with van der Waals surface area (Å²) in [6.45, 7) is 0.517. The van der Waals surface area contributed by atoms with E-state index in [0.717, 1.165) is 4.53 Å². The highest BCUT2D eigenvalue weighted by Crippen LogP contribution is 1.82.